The largest absolute Gasteiger partial charge is 0.355 e. The quantitative estimate of drug-likeness (QED) is 0.820. The number of hydrogen-bond donors (Lipinski definition) is 2. The first-order valence-corrected chi connectivity index (χ1v) is 7.62. The van der Waals surface area contributed by atoms with Crippen molar-refractivity contribution in [3.63, 3.8) is 0 Å². The predicted molar refractivity (Wildman–Crippen MR) is 85.0 cm³/mol. The number of aryl methyl sites for hydroxylation is 1. The van der Waals surface area contributed by atoms with Crippen LogP contribution in [0.1, 0.15) is 33.0 Å². The van der Waals surface area contributed by atoms with E-state index in [4.69, 9.17) is 0 Å². The van der Waals surface area contributed by atoms with Crippen LogP contribution in [0.25, 0.3) is 11.0 Å². The first-order chi connectivity index (χ1) is 10.2. The second-order valence-electron chi connectivity index (χ2n) is 5.17. The van der Waals surface area contributed by atoms with Gasteiger partial charge in [0.25, 0.3) is 0 Å². The molecule has 1 heterocycles. The van der Waals surface area contributed by atoms with Gasteiger partial charge in [-0.3, -0.25) is 10.1 Å². The van der Waals surface area contributed by atoms with Gasteiger partial charge in [-0.2, -0.15) is 0 Å². The van der Waals surface area contributed by atoms with Crippen LogP contribution in [0.15, 0.2) is 24.3 Å². The Morgan fingerprint density at radius 2 is 2.10 bits per heavy atom. The molecule has 2 N–H and O–H groups in total. The number of amides is 1. The molecule has 2 rings (SSSR count). The lowest BCUT2D eigenvalue weighted by Gasteiger charge is -2.14. The average Bonchev–Trinajstić information content (AvgIpc) is 2.83. The van der Waals surface area contributed by atoms with Gasteiger partial charge < -0.3 is 9.88 Å². The summed E-state index contributed by atoms with van der Waals surface area (Å²) in [6, 6.07) is 7.93. The average molecular weight is 288 g/mol. The van der Waals surface area contributed by atoms with Gasteiger partial charge in [-0.05, 0) is 32.4 Å². The van der Waals surface area contributed by atoms with Crippen LogP contribution in [0.2, 0.25) is 0 Å². The Balaban J connectivity index is 2.14. The summed E-state index contributed by atoms with van der Waals surface area (Å²) in [6.45, 7) is 8.13. The molecular weight excluding hydrogens is 264 g/mol. The normalized spacial score (nSPS) is 12.5. The van der Waals surface area contributed by atoms with E-state index in [1.807, 2.05) is 32.0 Å². The van der Waals surface area contributed by atoms with E-state index in [9.17, 15) is 4.79 Å². The van der Waals surface area contributed by atoms with E-state index in [1.54, 1.807) is 0 Å². The van der Waals surface area contributed by atoms with Crippen molar-refractivity contribution in [3.05, 3.63) is 30.1 Å². The van der Waals surface area contributed by atoms with Gasteiger partial charge in [-0.1, -0.05) is 19.1 Å². The fourth-order valence-corrected chi connectivity index (χ4v) is 2.40. The van der Waals surface area contributed by atoms with Crippen LogP contribution in [0.5, 0.6) is 0 Å². The van der Waals surface area contributed by atoms with Crippen LogP contribution >= 0.6 is 0 Å². The third kappa shape index (κ3) is 3.61. The molecule has 1 aromatic heterocycles. The van der Waals surface area contributed by atoms with E-state index in [1.165, 1.54) is 0 Å². The molecule has 5 heteroatoms. The van der Waals surface area contributed by atoms with Gasteiger partial charge in [-0.25, -0.2) is 4.98 Å². The molecule has 2 aromatic rings. The number of benzene rings is 1. The number of nitrogens with zero attached hydrogens (tertiary/aromatic N) is 2. The summed E-state index contributed by atoms with van der Waals surface area (Å²) < 4.78 is 2.23. The highest BCUT2D eigenvalue weighted by Crippen LogP contribution is 2.16. The zero-order valence-corrected chi connectivity index (χ0v) is 13.0. The molecule has 5 nitrogen and oxygen atoms in total. The third-order valence-electron chi connectivity index (χ3n) is 3.49. The molecule has 0 aliphatic rings. The molecule has 1 unspecified atom stereocenters. The predicted octanol–water partition coefficient (Wildman–Crippen LogP) is 2.06. The second kappa shape index (κ2) is 7.22. The summed E-state index contributed by atoms with van der Waals surface area (Å²) in [5.41, 5.74) is 2.16. The number of rotatable bonds is 7. The van der Waals surface area contributed by atoms with Crippen LogP contribution in [-0.4, -0.2) is 28.0 Å². The highest BCUT2D eigenvalue weighted by Gasteiger charge is 2.14. The lowest BCUT2D eigenvalue weighted by Crippen LogP contribution is -2.42. The zero-order chi connectivity index (χ0) is 15.2. The lowest BCUT2D eigenvalue weighted by molar-refractivity contribution is -0.122. The van der Waals surface area contributed by atoms with Crippen molar-refractivity contribution in [2.75, 3.05) is 6.54 Å². The van der Waals surface area contributed by atoms with Crippen molar-refractivity contribution in [1.82, 2.24) is 20.2 Å². The summed E-state index contributed by atoms with van der Waals surface area (Å²) in [5, 5.41) is 6.07. The number of nitrogens with one attached hydrogen (secondary N) is 2. The molecule has 1 amide bonds. The molecule has 114 valence electrons. The number of fused-ring (bicyclic) bond motifs is 1. The highest BCUT2D eigenvalue weighted by molar-refractivity contribution is 5.81. The van der Waals surface area contributed by atoms with Crippen molar-refractivity contribution >= 4 is 16.9 Å². The van der Waals surface area contributed by atoms with E-state index >= 15 is 0 Å². The molecule has 1 aromatic carbocycles. The van der Waals surface area contributed by atoms with E-state index in [-0.39, 0.29) is 11.9 Å². The number of imidazole rings is 1. The maximum Gasteiger partial charge on any atom is 0.236 e. The summed E-state index contributed by atoms with van der Waals surface area (Å²) in [6.07, 6.45) is 1.05. The summed E-state index contributed by atoms with van der Waals surface area (Å²) in [4.78, 5) is 16.4. The summed E-state index contributed by atoms with van der Waals surface area (Å²) >= 11 is 0. The van der Waals surface area contributed by atoms with Crippen molar-refractivity contribution in [2.24, 2.45) is 0 Å². The van der Waals surface area contributed by atoms with E-state index < -0.39 is 0 Å². The number of carbonyl (C=O) groups excluding carboxylic acids is 1. The van der Waals surface area contributed by atoms with E-state index in [0.29, 0.717) is 13.1 Å². The Morgan fingerprint density at radius 3 is 2.81 bits per heavy atom. The van der Waals surface area contributed by atoms with Crippen LogP contribution in [0.3, 0.4) is 0 Å². The van der Waals surface area contributed by atoms with Crippen molar-refractivity contribution < 1.29 is 4.79 Å². The van der Waals surface area contributed by atoms with Gasteiger partial charge in [0.05, 0.1) is 23.6 Å². The van der Waals surface area contributed by atoms with Gasteiger partial charge in [-0.15, -0.1) is 0 Å². The summed E-state index contributed by atoms with van der Waals surface area (Å²) in [5.74, 6) is 1.00. The molecule has 0 radical (unpaired) electrons. The van der Waals surface area contributed by atoms with Gasteiger partial charge in [0.15, 0.2) is 0 Å². The first kappa shape index (κ1) is 15.5. The highest BCUT2D eigenvalue weighted by atomic mass is 16.2. The maximum atomic E-state index is 11.7. The Kier molecular flexibility index (Phi) is 5.33. The molecule has 0 saturated carbocycles. The molecule has 0 aliphatic heterocycles. The number of para-hydroxylation sites is 2. The third-order valence-corrected chi connectivity index (χ3v) is 3.49. The molecule has 1 atom stereocenters. The number of carbonyl (C=O) groups is 1. The fourth-order valence-electron chi connectivity index (χ4n) is 2.40. The molecule has 21 heavy (non-hydrogen) atoms. The standard InChI is InChI=1S/C16H24N4O/c1-4-10-20-14-9-7-6-8-13(14)19-15(20)11-18-12(3)16(21)17-5-2/h6-9,12,18H,4-5,10-11H2,1-3H3,(H,17,21). The minimum atomic E-state index is -0.222. The molecule has 0 aliphatic carbocycles. The van der Waals surface area contributed by atoms with Crippen molar-refractivity contribution in [2.45, 2.75) is 46.3 Å². The minimum absolute atomic E-state index is 0.0238. The van der Waals surface area contributed by atoms with Crippen LogP contribution in [-0.2, 0) is 17.9 Å². The molecule has 0 fully saturated rings. The number of hydrogen-bond acceptors (Lipinski definition) is 3. The summed E-state index contributed by atoms with van der Waals surface area (Å²) in [7, 11) is 0. The van der Waals surface area contributed by atoms with Crippen LogP contribution in [0, 0.1) is 0 Å². The SMILES string of the molecule is CCCn1c(CNC(C)C(=O)NCC)nc2ccccc21. The zero-order valence-electron chi connectivity index (χ0n) is 13.0. The van der Waals surface area contributed by atoms with Crippen LogP contribution in [0.4, 0.5) is 0 Å². The minimum Gasteiger partial charge on any atom is -0.355 e. The number of likely N-dealkylation sites (N-methyl/N-ethyl adjacent to an activating group) is 1. The Labute approximate surface area is 125 Å². The smallest absolute Gasteiger partial charge is 0.236 e. The van der Waals surface area contributed by atoms with E-state index in [2.05, 4.69) is 33.2 Å². The fraction of sp³-hybridized carbons (Fsp3) is 0.500. The second-order valence-corrected chi connectivity index (χ2v) is 5.17. The topological polar surface area (TPSA) is 59.0 Å². The Morgan fingerprint density at radius 1 is 1.33 bits per heavy atom. The van der Waals surface area contributed by atoms with Gasteiger partial charge in [0.2, 0.25) is 5.91 Å². The first-order valence-electron chi connectivity index (χ1n) is 7.62. The maximum absolute atomic E-state index is 11.7. The lowest BCUT2D eigenvalue weighted by atomic mass is 10.3. The van der Waals surface area contributed by atoms with Gasteiger partial charge >= 0.3 is 0 Å². The Bertz CT molecular complexity index is 605. The molecular formula is C16H24N4O. The van der Waals surface area contributed by atoms with Crippen LogP contribution < -0.4 is 10.6 Å². The molecule has 0 bridgehead atoms. The van der Waals surface area contributed by atoms with Gasteiger partial charge in [0, 0.05) is 13.1 Å². The van der Waals surface area contributed by atoms with Crippen molar-refractivity contribution in [1.29, 1.82) is 0 Å². The monoisotopic (exact) mass is 288 g/mol. The van der Waals surface area contributed by atoms with Gasteiger partial charge in [0.1, 0.15) is 5.82 Å². The van der Waals surface area contributed by atoms with E-state index in [0.717, 1.165) is 29.8 Å². The number of aromatic nitrogens is 2. The molecule has 0 saturated heterocycles. The van der Waals surface area contributed by atoms with Crippen molar-refractivity contribution in [3.8, 4) is 0 Å². The Hall–Kier alpha value is -1.88. The molecule has 0 spiro atoms.